The Hall–Kier alpha value is -3.18. The summed E-state index contributed by atoms with van der Waals surface area (Å²) >= 11 is 5.73. The summed E-state index contributed by atoms with van der Waals surface area (Å²) in [5.41, 5.74) is 3.87. The maximum absolute atomic E-state index is 2.49. The molecule has 0 aliphatic rings. The lowest BCUT2D eigenvalue weighted by Gasteiger charge is -2.08. The predicted molar refractivity (Wildman–Crippen MR) is 144 cm³/mol. The van der Waals surface area contributed by atoms with Gasteiger partial charge < -0.3 is 4.57 Å². The van der Waals surface area contributed by atoms with Gasteiger partial charge in [0, 0.05) is 46.7 Å². The van der Waals surface area contributed by atoms with Crippen LogP contribution in [0.15, 0.2) is 91.0 Å². The van der Waals surface area contributed by atoms with E-state index in [0.29, 0.717) is 0 Å². The van der Waals surface area contributed by atoms with Gasteiger partial charge in [-0.15, -0.1) is 34.0 Å². The van der Waals surface area contributed by atoms with Crippen molar-refractivity contribution in [1.82, 2.24) is 4.57 Å². The lowest BCUT2D eigenvalue weighted by molar-refractivity contribution is 1.20. The number of hydrogen-bond acceptors (Lipinski definition) is 3. The maximum atomic E-state index is 2.49. The van der Waals surface area contributed by atoms with E-state index >= 15 is 0 Å². The molecule has 0 unspecified atom stereocenters. The highest BCUT2D eigenvalue weighted by Gasteiger charge is 2.21. The van der Waals surface area contributed by atoms with Crippen molar-refractivity contribution in [3.8, 4) is 5.69 Å². The van der Waals surface area contributed by atoms with E-state index in [2.05, 4.69) is 95.6 Å². The largest absolute Gasteiger partial charge is 0.308 e. The Kier molecular flexibility index (Phi) is 3.37. The minimum absolute atomic E-state index is 1.24. The monoisotopic (exact) mass is 461 g/mol. The highest BCUT2D eigenvalue weighted by atomic mass is 32.2. The number of nitrogens with zero attached hydrogens (tertiary/aromatic N) is 1. The molecule has 0 aliphatic heterocycles. The van der Waals surface area contributed by atoms with Crippen LogP contribution in [0.3, 0.4) is 0 Å². The Bertz CT molecular complexity index is 1990. The lowest BCUT2D eigenvalue weighted by Crippen LogP contribution is -1.93. The van der Waals surface area contributed by atoms with Crippen LogP contribution in [-0.2, 0) is 0 Å². The average Bonchev–Trinajstić information content (AvgIpc) is 3.55. The fraction of sp³-hybridized carbons (Fsp3) is 0. The van der Waals surface area contributed by atoms with Gasteiger partial charge in [0.2, 0.25) is 0 Å². The first kappa shape index (κ1) is 17.4. The van der Waals surface area contributed by atoms with Crippen molar-refractivity contribution in [3.05, 3.63) is 91.0 Å². The highest BCUT2D eigenvalue weighted by molar-refractivity contribution is 7.45. The molecule has 32 heavy (non-hydrogen) atoms. The standard InChI is InChI=1S/C28H15NS3/c1-4-10-21-18(8-1)27-26(25-19-9-3-6-12-23(19)31-28(25)32-27)29(21)16-13-14-24-20(15-16)17-7-2-5-11-22(17)30-24/h1-15H. The Morgan fingerprint density at radius 3 is 2.09 bits per heavy atom. The van der Waals surface area contributed by atoms with Crippen molar-refractivity contribution in [2.24, 2.45) is 0 Å². The van der Waals surface area contributed by atoms with Crippen molar-refractivity contribution in [2.75, 3.05) is 0 Å². The Morgan fingerprint density at radius 1 is 0.531 bits per heavy atom. The molecule has 0 aliphatic carbocycles. The zero-order chi connectivity index (χ0) is 20.8. The molecule has 0 bridgehead atoms. The van der Waals surface area contributed by atoms with Crippen LogP contribution < -0.4 is 0 Å². The van der Waals surface area contributed by atoms with Crippen molar-refractivity contribution in [1.29, 1.82) is 0 Å². The van der Waals surface area contributed by atoms with Crippen LogP contribution in [0.1, 0.15) is 0 Å². The topological polar surface area (TPSA) is 4.93 Å². The van der Waals surface area contributed by atoms with Gasteiger partial charge in [-0.2, -0.15) is 0 Å². The number of rotatable bonds is 1. The van der Waals surface area contributed by atoms with E-state index in [-0.39, 0.29) is 0 Å². The average molecular weight is 462 g/mol. The minimum Gasteiger partial charge on any atom is -0.308 e. The van der Waals surface area contributed by atoms with E-state index < -0.39 is 0 Å². The quantitative estimate of drug-likeness (QED) is 0.229. The summed E-state index contributed by atoms with van der Waals surface area (Å²) in [4.78, 5) is 0. The van der Waals surface area contributed by atoms with Gasteiger partial charge in [0.05, 0.1) is 19.7 Å². The molecular weight excluding hydrogens is 447 g/mol. The zero-order valence-electron chi connectivity index (χ0n) is 16.8. The molecule has 8 rings (SSSR count). The first-order chi connectivity index (χ1) is 15.9. The maximum Gasteiger partial charge on any atom is 0.0906 e. The van der Waals surface area contributed by atoms with E-state index in [9.17, 15) is 0 Å². The molecule has 4 heteroatoms. The van der Waals surface area contributed by atoms with Gasteiger partial charge >= 0.3 is 0 Å². The third kappa shape index (κ3) is 2.17. The zero-order valence-corrected chi connectivity index (χ0v) is 19.3. The molecule has 1 nitrogen and oxygen atoms in total. The van der Waals surface area contributed by atoms with Crippen LogP contribution in [0.25, 0.3) is 66.5 Å². The number of fused-ring (bicyclic) bond motifs is 10. The Morgan fingerprint density at radius 2 is 1.22 bits per heavy atom. The van der Waals surface area contributed by atoms with Crippen molar-refractivity contribution >= 4 is 94.8 Å². The molecule has 0 fully saturated rings. The minimum atomic E-state index is 1.24. The molecule has 8 aromatic rings. The molecule has 0 N–H and O–H groups in total. The normalized spacial score (nSPS) is 12.4. The molecule has 0 saturated heterocycles. The third-order valence-corrected chi connectivity index (χ3v) is 10.1. The molecule has 0 saturated carbocycles. The van der Waals surface area contributed by atoms with Gasteiger partial charge in [0.1, 0.15) is 0 Å². The molecule has 0 radical (unpaired) electrons. The van der Waals surface area contributed by atoms with Crippen molar-refractivity contribution in [3.63, 3.8) is 0 Å². The Balaban J connectivity index is 1.58. The van der Waals surface area contributed by atoms with Crippen LogP contribution in [0.2, 0.25) is 0 Å². The van der Waals surface area contributed by atoms with Crippen LogP contribution in [0, 0.1) is 0 Å². The second-order valence-corrected chi connectivity index (χ2v) is 11.6. The summed E-state index contributed by atoms with van der Waals surface area (Å²) < 4.78 is 9.37. The van der Waals surface area contributed by atoms with E-state index in [1.54, 1.807) is 0 Å². The van der Waals surface area contributed by atoms with Crippen LogP contribution in [0.5, 0.6) is 0 Å². The fourth-order valence-electron chi connectivity index (χ4n) is 5.07. The predicted octanol–water partition coefficient (Wildman–Crippen LogP) is 9.58. The van der Waals surface area contributed by atoms with E-state index in [0.717, 1.165) is 0 Å². The van der Waals surface area contributed by atoms with Crippen molar-refractivity contribution in [2.45, 2.75) is 0 Å². The smallest absolute Gasteiger partial charge is 0.0906 e. The van der Waals surface area contributed by atoms with Gasteiger partial charge in [-0.05, 0) is 36.4 Å². The number of thiophene rings is 3. The summed E-state index contributed by atoms with van der Waals surface area (Å²) in [6.45, 7) is 0. The first-order valence-electron chi connectivity index (χ1n) is 10.6. The van der Waals surface area contributed by atoms with Gasteiger partial charge in [-0.25, -0.2) is 0 Å². The van der Waals surface area contributed by atoms with Crippen molar-refractivity contribution < 1.29 is 0 Å². The van der Waals surface area contributed by atoms with Crippen LogP contribution >= 0.6 is 34.0 Å². The molecule has 4 aromatic heterocycles. The third-order valence-electron chi connectivity index (χ3n) is 6.44. The summed E-state index contributed by atoms with van der Waals surface area (Å²) in [6, 6.07) is 33.4. The molecule has 150 valence electrons. The summed E-state index contributed by atoms with van der Waals surface area (Å²) in [5, 5.41) is 6.80. The molecule has 0 atom stereocenters. The van der Waals surface area contributed by atoms with Gasteiger partial charge in [0.15, 0.2) is 0 Å². The number of benzene rings is 4. The fourth-order valence-corrected chi connectivity index (χ4v) is 8.85. The molecular formula is C28H15NS3. The van der Waals surface area contributed by atoms with E-state index in [1.807, 2.05) is 34.0 Å². The lowest BCUT2D eigenvalue weighted by atomic mass is 10.1. The second kappa shape index (κ2) is 6.20. The van der Waals surface area contributed by atoms with E-state index in [1.165, 1.54) is 66.5 Å². The summed E-state index contributed by atoms with van der Waals surface area (Å²) in [5.74, 6) is 0. The molecule has 0 amide bonds. The first-order valence-corrected chi connectivity index (χ1v) is 13.1. The van der Waals surface area contributed by atoms with Gasteiger partial charge in [0.25, 0.3) is 0 Å². The number of para-hydroxylation sites is 1. The molecule has 4 heterocycles. The van der Waals surface area contributed by atoms with Crippen LogP contribution in [-0.4, -0.2) is 4.57 Å². The summed E-state index contributed by atoms with van der Waals surface area (Å²) in [6.07, 6.45) is 0. The highest BCUT2D eigenvalue weighted by Crippen LogP contribution is 2.48. The number of aromatic nitrogens is 1. The SMILES string of the molecule is c1ccc2c(c1)sc1ccc(-n3c4ccccc4c4sc5sc6ccccc6c5c43)cc12. The molecule has 4 aromatic carbocycles. The second-order valence-electron chi connectivity index (χ2n) is 8.17. The molecule has 0 spiro atoms. The van der Waals surface area contributed by atoms with Gasteiger partial charge in [-0.1, -0.05) is 54.6 Å². The van der Waals surface area contributed by atoms with E-state index in [4.69, 9.17) is 0 Å². The van der Waals surface area contributed by atoms with Gasteiger partial charge in [-0.3, -0.25) is 0 Å². The summed E-state index contributed by atoms with van der Waals surface area (Å²) in [7, 11) is 0. The van der Waals surface area contributed by atoms with Crippen LogP contribution in [0.4, 0.5) is 0 Å². The Labute approximate surface area is 195 Å². The number of hydrogen-bond donors (Lipinski definition) is 0.